The molecule has 0 aromatic heterocycles. The van der Waals surface area contributed by atoms with Crippen molar-refractivity contribution in [3.05, 3.63) is 0 Å². The van der Waals surface area contributed by atoms with E-state index in [0.717, 1.165) is 11.0 Å². The highest BCUT2D eigenvalue weighted by atomic mass is 127. The van der Waals surface area contributed by atoms with E-state index in [4.69, 9.17) is 4.74 Å². The maximum Gasteiger partial charge on any atom is 0.324 e. The largest absolute Gasteiger partial charge is 0.458 e. The van der Waals surface area contributed by atoms with Gasteiger partial charge in [-0.3, -0.25) is 4.79 Å². The van der Waals surface area contributed by atoms with Crippen molar-refractivity contribution >= 4 is 28.6 Å². The lowest BCUT2D eigenvalue weighted by Gasteiger charge is -2.35. The monoisotopic (exact) mass is 297 g/mol. The summed E-state index contributed by atoms with van der Waals surface area (Å²) < 4.78 is 6.17. The number of nitrogens with one attached hydrogen (secondary N) is 1. The Hall–Kier alpha value is 0.160. The van der Waals surface area contributed by atoms with Crippen molar-refractivity contribution in [2.24, 2.45) is 5.92 Å². The van der Waals surface area contributed by atoms with Gasteiger partial charge in [0.1, 0.15) is 11.6 Å². The zero-order chi connectivity index (χ0) is 10.1. The maximum absolute atomic E-state index is 11.5. The molecule has 4 heteroatoms. The summed E-state index contributed by atoms with van der Waals surface area (Å²) in [7, 11) is 0. The summed E-state index contributed by atoms with van der Waals surface area (Å²) in [6.07, 6.45) is 0. The van der Waals surface area contributed by atoms with Crippen LogP contribution >= 0.6 is 22.6 Å². The first-order chi connectivity index (χ1) is 5.96. The minimum absolute atomic E-state index is 0.0813. The number of rotatable bonds is 3. The number of hydrogen-bond acceptors (Lipinski definition) is 3. The lowest BCUT2D eigenvalue weighted by Crippen LogP contribution is -2.57. The number of ether oxygens (including phenoxy) is 1. The molecule has 1 heterocycles. The van der Waals surface area contributed by atoms with Crippen LogP contribution in [-0.2, 0) is 9.53 Å². The third-order valence-corrected chi connectivity index (χ3v) is 4.02. The highest BCUT2D eigenvalue weighted by molar-refractivity contribution is 14.1. The molecule has 0 spiro atoms. The standard InChI is InChI=1S/C9H16INO2/c1-6-4-11-7(6)8(12)13-9(2,3)5-10/h6-7,11H,4-5H2,1-3H3/t6-,7?/m0/s1. The average Bonchev–Trinajstić information content (AvgIpc) is 2.00. The molecule has 1 aliphatic heterocycles. The lowest BCUT2D eigenvalue weighted by atomic mass is 9.94. The first kappa shape index (κ1) is 11.2. The van der Waals surface area contributed by atoms with Gasteiger partial charge in [-0.25, -0.2) is 0 Å². The molecule has 0 saturated carbocycles. The molecule has 76 valence electrons. The van der Waals surface area contributed by atoms with E-state index in [-0.39, 0.29) is 17.6 Å². The Kier molecular flexibility index (Phi) is 3.57. The number of carbonyl (C=O) groups excluding carboxylic acids is 1. The second-order valence-electron chi connectivity index (χ2n) is 4.18. The van der Waals surface area contributed by atoms with Crippen LogP contribution in [0.1, 0.15) is 20.8 Å². The molecule has 1 saturated heterocycles. The average molecular weight is 297 g/mol. The molecule has 3 nitrogen and oxygen atoms in total. The van der Waals surface area contributed by atoms with Gasteiger partial charge in [0.25, 0.3) is 0 Å². The molecule has 0 aromatic rings. The maximum atomic E-state index is 11.5. The van der Waals surface area contributed by atoms with Crippen LogP contribution in [0.4, 0.5) is 0 Å². The van der Waals surface area contributed by atoms with Gasteiger partial charge < -0.3 is 10.1 Å². The summed E-state index contributed by atoms with van der Waals surface area (Å²) in [6, 6.07) is -0.0813. The van der Waals surface area contributed by atoms with E-state index in [1.807, 2.05) is 13.8 Å². The Labute approximate surface area is 92.7 Å². The summed E-state index contributed by atoms with van der Waals surface area (Å²) in [5, 5.41) is 3.06. The van der Waals surface area contributed by atoms with Crippen LogP contribution < -0.4 is 5.32 Å². The normalized spacial score (nSPS) is 28.0. The van der Waals surface area contributed by atoms with E-state index >= 15 is 0 Å². The van der Waals surface area contributed by atoms with Crippen LogP contribution in [-0.4, -0.2) is 28.6 Å². The third-order valence-electron chi connectivity index (χ3n) is 2.18. The van der Waals surface area contributed by atoms with E-state index in [1.54, 1.807) is 0 Å². The fourth-order valence-corrected chi connectivity index (χ4v) is 1.31. The lowest BCUT2D eigenvalue weighted by molar-refractivity contribution is -0.160. The van der Waals surface area contributed by atoms with Crippen molar-refractivity contribution in [3.63, 3.8) is 0 Å². The zero-order valence-corrected chi connectivity index (χ0v) is 10.4. The Morgan fingerprint density at radius 2 is 2.31 bits per heavy atom. The van der Waals surface area contributed by atoms with E-state index < -0.39 is 0 Å². The van der Waals surface area contributed by atoms with E-state index in [2.05, 4.69) is 34.8 Å². The number of halogens is 1. The molecule has 0 amide bonds. The molecule has 0 bridgehead atoms. The predicted molar refractivity (Wildman–Crippen MR) is 60.0 cm³/mol. The van der Waals surface area contributed by atoms with Crippen molar-refractivity contribution in [2.45, 2.75) is 32.4 Å². The first-order valence-electron chi connectivity index (χ1n) is 4.48. The van der Waals surface area contributed by atoms with E-state index in [9.17, 15) is 4.79 Å². The van der Waals surface area contributed by atoms with Crippen molar-refractivity contribution in [2.75, 3.05) is 11.0 Å². The second-order valence-corrected chi connectivity index (χ2v) is 4.94. The van der Waals surface area contributed by atoms with Crippen LogP contribution in [0.5, 0.6) is 0 Å². The van der Waals surface area contributed by atoms with Gasteiger partial charge in [-0.15, -0.1) is 0 Å². The summed E-state index contributed by atoms with van der Waals surface area (Å²) in [5.41, 5.74) is -0.339. The van der Waals surface area contributed by atoms with Crippen molar-refractivity contribution in [1.82, 2.24) is 5.32 Å². The quantitative estimate of drug-likeness (QED) is 0.485. The van der Waals surface area contributed by atoms with Crippen molar-refractivity contribution in [3.8, 4) is 0 Å². The summed E-state index contributed by atoms with van der Waals surface area (Å²) in [6.45, 7) is 6.84. The number of esters is 1. The molecule has 0 radical (unpaired) electrons. The number of hydrogen-bond donors (Lipinski definition) is 1. The summed E-state index contributed by atoms with van der Waals surface area (Å²) in [4.78, 5) is 11.5. The molecule has 1 N–H and O–H groups in total. The summed E-state index contributed by atoms with van der Waals surface area (Å²) in [5.74, 6) is 0.304. The third kappa shape index (κ3) is 2.80. The van der Waals surface area contributed by atoms with E-state index in [1.165, 1.54) is 0 Å². The molecular weight excluding hydrogens is 281 g/mol. The van der Waals surface area contributed by atoms with Crippen LogP contribution in [0.2, 0.25) is 0 Å². The van der Waals surface area contributed by atoms with Crippen LogP contribution in [0.25, 0.3) is 0 Å². The molecule has 1 aliphatic rings. The molecular formula is C9H16INO2. The Bertz CT molecular complexity index is 206. The number of carbonyl (C=O) groups is 1. The zero-order valence-electron chi connectivity index (χ0n) is 8.26. The molecule has 0 aliphatic carbocycles. The minimum Gasteiger partial charge on any atom is -0.458 e. The van der Waals surface area contributed by atoms with Gasteiger partial charge in [-0.1, -0.05) is 29.5 Å². The molecule has 2 atom stereocenters. The fourth-order valence-electron chi connectivity index (χ4n) is 1.15. The van der Waals surface area contributed by atoms with Crippen LogP contribution in [0, 0.1) is 5.92 Å². The van der Waals surface area contributed by atoms with Gasteiger partial charge in [0.15, 0.2) is 0 Å². The number of alkyl halides is 1. The van der Waals surface area contributed by atoms with E-state index in [0.29, 0.717) is 5.92 Å². The molecule has 1 rings (SSSR count). The fraction of sp³-hybridized carbons (Fsp3) is 0.889. The SMILES string of the molecule is C[C@H]1CNC1C(=O)OC(C)(C)CI. The van der Waals surface area contributed by atoms with Gasteiger partial charge >= 0.3 is 5.97 Å². The van der Waals surface area contributed by atoms with Gasteiger partial charge in [0, 0.05) is 11.0 Å². The van der Waals surface area contributed by atoms with Crippen LogP contribution in [0.15, 0.2) is 0 Å². The van der Waals surface area contributed by atoms with Crippen molar-refractivity contribution in [1.29, 1.82) is 0 Å². The second kappa shape index (κ2) is 4.13. The Balaban J connectivity index is 2.41. The first-order valence-corrected chi connectivity index (χ1v) is 6.01. The van der Waals surface area contributed by atoms with Gasteiger partial charge in [-0.05, 0) is 19.8 Å². The molecule has 13 heavy (non-hydrogen) atoms. The van der Waals surface area contributed by atoms with Gasteiger partial charge in [0.05, 0.1) is 0 Å². The van der Waals surface area contributed by atoms with Gasteiger partial charge in [0.2, 0.25) is 0 Å². The predicted octanol–water partition coefficient (Wildman–Crippen LogP) is 1.35. The van der Waals surface area contributed by atoms with Crippen LogP contribution in [0.3, 0.4) is 0 Å². The van der Waals surface area contributed by atoms with Gasteiger partial charge in [-0.2, -0.15) is 0 Å². The Morgan fingerprint density at radius 1 is 1.69 bits per heavy atom. The summed E-state index contributed by atoms with van der Waals surface area (Å²) >= 11 is 2.22. The topological polar surface area (TPSA) is 38.3 Å². The molecule has 1 fully saturated rings. The highest BCUT2D eigenvalue weighted by Gasteiger charge is 2.36. The smallest absolute Gasteiger partial charge is 0.324 e. The highest BCUT2D eigenvalue weighted by Crippen LogP contribution is 2.19. The molecule has 0 aromatic carbocycles. The molecule has 1 unspecified atom stereocenters. The van der Waals surface area contributed by atoms with Crippen molar-refractivity contribution < 1.29 is 9.53 Å². The minimum atomic E-state index is -0.339. The Morgan fingerprint density at radius 3 is 2.62 bits per heavy atom.